The van der Waals surface area contributed by atoms with E-state index in [2.05, 4.69) is 21.4 Å². The van der Waals surface area contributed by atoms with Crippen LogP contribution in [-0.4, -0.2) is 25.5 Å². The number of nitrogens with one attached hydrogen (secondary N) is 1. The van der Waals surface area contributed by atoms with Gasteiger partial charge in [-0.15, -0.1) is 0 Å². The molecule has 1 aliphatic heterocycles. The molecule has 1 N–H and O–H groups in total. The van der Waals surface area contributed by atoms with E-state index in [-0.39, 0.29) is 23.6 Å². The Hall–Kier alpha value is -4.19. The number of aryl methyl sites for hydroxylation is 1. The van der Waals surface area contributed by atoms with Gasteiger partial charge >= 0.3 is 0 Å². The maximum absolute atomic E-state index is 14.5. The Morgan fingerprint density at radius 1 is 1.32 bits per heavy atom. The van der Waals surface area contributed by atoms with Crippen LogP contribution >= 0.6 is 0 Å². The molecule has 4 heterocycles. The Morgan fingerprint density at radius 3 is 3.03 bits per heavy atom. The van der Waals surface area contributed by atoms with Crippen molar-refractivity contribution in [3.05, 3.63) is 76.0 Å². The molecule has 4 aromatic rings. The Balaban J connectivity index is 1.60. The Morgan fingerprint density at radius 2 is 2.19 bits per heavy atom. The first-order chi connectivity index (χ1) is 15.1. The molecule has 0 unspecified atom stereocenters. The van der Waals surface area contributed by atoms with Crippen molar-refractivity contribution in [2.75, 3.05) is 11.9 Å². The molecule has 3 aromatic heterocycles. The number of hydrogen-bond acceptors (Lipinski definition) is 6. The molecule has 0 bridgehead atoms. The van der Waals surface area contributed by atoms with E-state index in [0.29, 0.717) is 46.9 Å². The minimum Gasteiger partial charge on any atom is -0.493 e. The standard InChI is InChI=1S/C22H17FN6O2/c1-28-7-2-3-14(22(28)30)16-10-25-12-29-20(16)27-18(9-24)21(29)26-11-15-13-6-8-31-19(13)5-4-17(15)23/h2-5,7,10,12,26H,6,8,11H2,1H3. The number of nitrogens with zero attached hydrogens (tertiary/aromatic N) is 5. The molecule has 8 nitrogen and oxygen atoms in total. The van der Waals surface area contributed by atoms with Crippen LogP contribution < -0.4 is 15.6 Å². The van der Waals surface area contributed by atoms with Crippen LogP contribution in [0.25, 0.3) is 16.8 Å². The highest BCUT2D eigenvalue weighted by molar-refractivity contribution is 5.79. The number of halogens is 1. The Bertz CT molecular complexity index is 1430. The topological polar surface area (TPSA) is 97.2 Å². The molecule has 5 rings (SSSR count). The van der Waals surface area contributed by atoms with Gasteiger partial charge in [0.15, 0.2) is 17.2 Å². The largest absolute Gasteiger partial charge is 0.493 e. The average Bonchev–Trinajstić information content (AvgIpc) is 3.39. The predicted molar refractivity (Wildman–Crippen MR) is 111 cm³/mol. The smallest absolute Gasteiger partial charge is 0.258 e. The van der Waals surface area contributed by atoms with Crippen LogP contribution in [0.2, 0.25) is 0 Å². The van der Waals surface area contributed by atoms with Gasteiger partial charge in [0.2, 0.25) is 0 Å². The first kappa shape index (κ1) is 18.8. The van der Waals surface area contributed by atoms with Crippen molar-refractivity contribution >= 4 is 11.5 Å². The number of rotatable bonds is 4. The van der Waals surface area contributed by atoms with E-state index < -0.39 is 0 Å². The number of benzene rings is 1. The van der Waals surface area contributed by atoms with Gasteiger partial charge in [0.25, 0.3) is 5.56 Å². The number of imidazole rings is 1. The van der Waals surface area contributed by atoms with E-state index in [1.807, 2.05) is 0 Å². The van der Waals surface area contributed by atoms with Gasteiger partial charge in [-0.1, -0.05) is 0 Å². The molecule has 0 radical (unpaired) electrons. The summed E-state index contributed by atoms with van der Waals surface area (Å²) in [6.45, 7) is 0.669. The molecule has 1 aliphatic rings. The van der Waals surface area contributed by atoms with Crippen LogP contribution in [0.3, 0.4) is 0 Å². The normalized spacial score (nSPS) is 12.4. The molecule has 1 aromatic carbocycles. The van der Waals surface area contributed by atoms with Crippen molar-refractivity contribution in [1.29, 1.82) is 5.26 Å². The highest BCUT2D eigenvalue weighted by atomic mass is 19.1. The molecule has 0 saturated heterocycles. The Kier molecular flexibility index (Phi) is 4.40. The molecule has 154 valence electrons. The lowest BCUT2D eigenvalue weighted by atomic mass is 10.0. The van der Waals surface area contributed by atoms with Crippen LogP contribution in [0.4, 0.5) is 10.2 Å². The third kappa shape index (κ3) is 3.00. The van der Waals surface area contributed by atoms with Gasteiger partial charge in [-0.05, 0) is 24.3 Å². The van der Waals surface area contributed by atoms with E-state index >= 15 is 0 Å². The molecule has 0 spiro atoms. The van der Waals surface area contributed by atoms with Crippen molar-refractivity contribution in [2.24, 2.45) is 7.05 Å². The summed E-state index contributed by atoms with van der Waals surface area (Å²) >= 11 is 0. The van der Waals surface area contributed by atoms with Crippen molar-refractivity contribution in [1.82, 2.24) is 18.9 Å². The highest BCUT2D eigenvalue weighted by Crippen LogP contribution is 2.31. The SMILES string of the molecule is Cn1cccc(-c2cncn3c(NCc4c(F)ccc5c4CCO5)c(C#N)nc23)c1=O. The molecular weight excluding hydrogens is 399 g/mol. The summed E-state index contributed by atoms with van der Waals surface area (Å²) in [5.74, 6) is 0.729. The monoisotopic (exact) mass is 416 g/mol. The summed E-state index contributed by atoms with van der Waals surface area (Å²) in [6.07, 6.45) is 5.35. The molecule has 31 heavy (non-hydrogen) atoms. The molecule has 0 fully saturated rings. The lowest BCUT2D eigenvalue weighted by Crippen LogP contribution is -2.17. The highest BCUT2D eigenvalue weighted by Gasteiger charge is 2.21. The lowest BCUT2D eigenvalue weighted by molar-refractivity contribution is 0.356. The van der Waals surface area contributed by atoms with Crippen molar-refractivity contribution in [3.8, 4) is 22.9 Å². The number of pyridine rings is 1. The van der Waals surface area contributed by atoms with Gasteiger partial charge in [0.1, 0.15) is 24.0 Å². The van der Waals surface area contributed by atoms with Crippen LogP contribution in [0.1, 0.15) is 16.8 Å². The summed E-state index contributed by atoms with van der Waals surface area (Å²) in [7, 11) is 1.66. The fourth-order valence-electron chi connectivity index (χ4n) is 3.89. The zero-order valence-electron chi connectivity index (χ0n) is 16.6. The van der Waals surface area contributed by atoms with Crippen LogP contribution in [-0.2, 0) is 20.0 Å². The zero-order valence-corrected chi connectivity index (χ0v) is 16.6. The average molecular weight is 416 g/mol. The van der Waals surface area contributed by atoms with Gasteiger partial charge in [0, 0.05) is 49.1 Å². The van der Waals surface area contributed by atoms with Crippen LogP contribution in [0, 0.1) is 17.1 Å². The van der Waals surface area contributed by atoms with Gasteiger partial charge in [0.05, 0.1) is 12.2 Å². The molecule has 0 amide bonds. The second-order valence-electron chi connectivity index (χ2n) is 7.21. The minimum atomic E-state index is -0.337. The summed E-state index contributed by atoms with van der Waals surface area (Å²) in [6, 6.07) is 8.53. The molecule has 0 aliphatic carbocycles. The maximum atomic E-state index is 14.5. The molecule has 0 saturated carbocycles. The second kappa shape index (κ2) is 7.25. The quantitative estimate of drug-likeness (QED) is 0.549. The van der Waals surface area contributed by atoms with Gasteiger partial charge < -0.3 is 14.6 Å². The van der Waals surface area contributed by atoms with E-state index in [1.54, 1.807) is 42.0 Å². The summed E-state index contributed by atoms with van der Waals surface area (Å²) < 4.78 is 23.1. The summed E-state index contributed by atoms with van der Waals surface area (Å²) in [4.78, 5) is 21.2. The number of aromatic nitrogens is 4. The Labute approximate surface area is 176 Å². The van der Waals surface area contributed by atoms with Crippen LogP contribution in [0.15, 0.2) is 47.8 Å². The number of nitriles is 1. The van der Waals surface area contributed by atoms with Crippen molar-refractivity contribution < 1.29 is 9.13 Å². The van der Waals surface area contributed by atoms with E-state index in [9.17, 15) is 14.4 Å². The fraction of sp³-hybridized carbons (Fsp3) is 0.182. The molecule has 0 atom stereocenters. The number of hydrogen-bond donors (Lipinski definition) is 1. The van der Waals surface area contributed by atoms with E-state index in [1.165, 1.54) is 17.0 Å². The predicted octanol–water partition coefficient (Wildman–Crippen LogP) is 2.65. The van der Waals surface area contributed by atoms with Crippen molar-refractivity contribution in [2.45, 2.75) is 13.0 Å². The third-order valence-corrected chi connectivity index (χ3v) is 5.43. The second-order valence-corrected chi connectivity index (χ2v) is 7.21. The van der Waals surface area contributed by atoms with Crippen molar-refractivity contribution in [3.63, 3.8) is 0 Å². The maximum Gasteiger partial charge on any atom is 0.258 e. The zero-order chi connectivity index (χ0) is 21.5. The van der Waals surface area contributed by atoms with Crippen LogP contribution in [0.5, 0.6) is 5.75 Å². The first-order valence-corrected chi connectivity index (χ1v) is 9.67. The number of fused-ring (bicyclic) bond motifs is 2. The lowest BCUT2D eigenvalue weighted by Gasteiger charge is -2.11. The van der Waals surface area contributed by atoms with E-state index in [0.717, 1.165) is 5.56 Å². The number of ether oxygens (including phenoxy) is 1. The van der Waals surface area contributed by atoms with Gasteiger partial charge in [-0.3, -0.25) is 9.20 Å². The third-order valence-electron chi connectivity index (χ3n) is 5.43. The minimum absolute atomic E-state index is 0.131. The van der Waals surface area contributed by atoms with E-state index in [4.69, 9.17) is 4.74 Å². The summed E-state index contributed by atoms with van der Waals surface area (Å²) in [5, 5.41) is 12.8. The summed E-state index contributed by atoms with van der Waals surface area (Å²) in [5.41, 5.74) is 2.60. The fourth-order valence-corrected chi connectivity index (χ4v) is 3.89. The van der Waals surface area contributed by atoms with Gasteiger partial charge in [-0.25, -0.2) is 14.4 Å². The number of anilines is 1. The first-order valence-electron chi connectivity index (χ1n) is 9.67. The van der Waals surface area contributed by atoms with Gasteiger partial charge in [-0.2, -0.15) is 5.26 Å². The molecular formula is C22H17FN6O2. The molecule has 9 heteroatoms.